The van der Waals surface area contributed by atoms with Gasteiger partial charge in [-0.3, -0.25) is 4.79 Å². The number of rotatable bonds is 5. The summed E-state index contributed by atoms with van der Waals surface area (Å²) in [6, 6.07) is 7.13. The second kappa shape index (κ2) is 7.79. The number of nitrogens with zero attached hydrogens (tertiary/aromatic N) is 1. The lowest BCUT2D eigenvalue weighted by Gasteiger charge is -2.02. The Morgan fingerprint density at radius 3 is 2.71 bits per heavy atom. The largest absolute Gasteiger partial charge is 0.462 e. The zero-order valence-electron chi connectivity index (χ0n) is 13.6. The minimum absolute atomic E-state index is 0.270. The first kappa shape index (κ1) is 17.7. The zero-order chi connectivity index (χ0) is 17.7. The molecule has 0 atom stereocenters. The van der Waals surface area contributed by atoms with Crippen molar-refractivity contribution in [2.45, 2.75) is 20.8 Å². The van der Waals surface area contributed by atoms with Crippen LogP contribution in [-0.2, 0) is 4.74 Å². The number of ether oxygens (including phenoxy) is 1. The van der Waals surface area contributed by atoms with Gasteiger partial charge in [0.2, 0.25) is 0 Å². The van der Waals surface area contributed by atoms with Crippen molar-refractivity contribution in [2.24, 2.45) is 5.10 Å². The van der Waals surface area contributed by atoms with E-state index in [4.69, 9.17) is 16.3 Å². The number of amides is 1. The molecule has 1 amide bonds. The van der Waals surface area contributed by atoms with Crippen LogP contribution < -0.4 is 5.43 Å². The predicted octanol–water partition coefficient (Wildman–Crippen LogP) is 3.23. The molecule has 2 N–H and O–H groups in total. The van der Waals surface area contributed by atoms with Crippen LogP contribution in [0.3, 0.4) is 0 Å². The molecule has 0 aliphatic carbocycles. The van der Waals surface area contributed by atoms with Gasteiger partial charge in [-0.2, -0.15) is 5.10 Å². The summed E-state index contributed by atoms with van der Waals surface area (Å²) >= 11 is 6.01. The van der Waals surface area contributed by atoms with E-state index < -0.39 is 11.9 Å². The van der Waals surface area contributed by atoms with E-state index in [9.17, 15) is 9.59 Å². The van der Waals surface area contributed by atoms with E-state index in [0.717, 1.165) is 0 Å². The topological polar surface area (TPSA) is 83.5 Å². The van der Waals surface area contributed by atoms with Gasteiger partial charge in [-0.25, -0.2) is 10.2 Å². The number of benzene rings is 1. The van der Waals surface area contributed by atoms with Crippen LogP contribution in [0.1, 0.15) is 44.6 Å². The van der Waals surface area contributed by atoms with E-state index in [1.807, 2.05) is 6.07 Å². The second-order valence-corrected chi connectivity index (χ2v) is 5.47. The van der Waals surface area contributed by atoms with Crippen LogP contribution in [0.2, 0.25) is 5.02 Å². The van der Waals surface area contributed by atoms with Gasteiger partial charge in [0, 0.05) is 16.3 Å². The van der Waals surface area contributed by atoms with Crippen LogP contribution in [0.5, 0.6) is 0 Å². The highest BCUT2D eigenvalue weighted by molar-refractivity contribution is 6.33. The number of hydrogen-bond acceptors (Lipinski definition) is 4. The number of halogens is 1. The third-order valence-corrected chi connectivity index (χ3v) is 3.76. The number of aryl methyl sites for hydroxylation is 1. The average Bonchev–Trinajstić information content (AvgIpc) is 2.84. The maximum absolute atomic E-state index is 12.2. The molecule has 2 aromatic rings. The van der Waals surface area contributed by atoms with E-state index in [1.54, 1.807) is 39.0 Å². The Morgan fingerprint density at radius 2 is 2.04 bits per heavy atom. The molecule has 126 valence electrons. The fourth-order valence-corrected chi connectivity index (χ4v) is 2.47. The molecule has 0 saturated carbocycles. The number of aromatic nitrogens is 1. The predicted molar refractivity (Wildman–Crippen MR) is 92.7 cm³/mol. The monoisotopic (exact) mass is 347 g/mol. The number of nitrogens with one attached hydrogen (secondary N) is 2. The van der Waals surface area contributed by atoms with Gasteiger partial charge in [0.05, 0.1) is 18.4 Å². The van der Waals surface area contributed by atoms with Crippen molar-refractivity contribution in [2.75, 3.05) is 6.61 Å². The Hall–Kier alpha value is -2.60. The number of hydrazone groups is 1. The molecular weight excluding hydrogens is 330 g/mol. The van der Waals surface area contributed by atoms with Crippen molar-refractivity contribution in [3.8, 4) is 0 Å². The fourth-order valence-electron chi connectivity index (χ4n) is 2.28. The molecule has 1 aromatic heterocycles. The highest BCUT2D eigenvalue weighted by Gasteiger charge is 2.22. The fraction of sp³-hybridized carbons (Fsp3) is 0.235. The minimum Gasteiger partial charge on any atom is -0.462 e. The number of esters is 1. The standard InChI is InChI=1S/C17H18ClN3O3/c1-4-24-17(23)14-10(2)15(20-11(14)3)16(22)21-19-9-12-7-5-6-8-13(12)18/h5-9,20H,4H2,1-3H3,(H,21,22). The number of hydrogen-bond donors (Lipinski definition) is 2. The van der Waals surface area contributed by atoms with E-state index in [-0.39, 0.29) is 12.3 Å². The van der Waals surface area contributed by atoms with Gasteiger partial charge >= 0.3 is 5.97 Å². The van der Waals surface area contributed by atoms with Crippen LogP contribution in [0.4, 0.5) is 0 Å². The van der Waals surface area contributed by atoms with Crippen molar-refractivity contribution in [3.05, 3.63) is 57.4 Å². The van der Waals surface area contributed by atoms with E-state index in [0.29, 0.717) is 27.4 Å². The van der Waals surface area contributed by atoms with Crippen molar-refractivity contribution >= 4 is 29.7 Å². The molecule has 1 aromatic carbocycles. The lowest BCUT2D eigenvalue weighted by atomic mass is 10.1. The van der Waals surface area contributed by atoms with Crippen molar-refractivity contribution < 1.29 is 14.3 Å². The van der Waals surface area contributed by atoms with Gasteiger partial charge in [-0.1, -0.05) is 29.8 Å². The van der Waals surface area contributed by atoms with E-state index in [2.05, 4.69) is 15.5 Å². The highest BCUT2D eigenvalue weighted by atomic mass is 35.5. The molecule has 2 rings (SSSR count). The van der Waals surface area contributed by atoms with Gasteiger partial charge < -0.3 is 9.72 Å². The molecule has 0 saturated heterocycles. The van der Waals surface area contributed by atoms with Crippen molar-refractivity contribution in [3.63, 3.8) is 0 Å². The molecule has 0 aliphatic heterocycles. The molecule has 0 radical (unpaired) electrons. The average molecular weight is 348 g/mol. The third-order valence-electron chi connectivity index (χ3n) is 3.42. The van der Waals surface area contributed by atoms with Crippen molar-refractivity contribution in [1.29, 1.82) is 0 Å². The smallest absolute Gasteiger partial charge is 0.340 e. The molecule has 6 nitrogen and oxygen atoms in total. The summed E-state index contributed by atoms with van der Waals surface area (Å²) in [6.07, 6.45) is 1.46. The number of H-pyrrole nitrogens is 1. The molecule has 0 unspecified atom stereocenters. The molecule has 0 aliphatic rings. The summed E-state index contributed by atoms with van der Waals surface area (Å²) in [5.41, 5.74) is 4.84. The van der Waals surface area contributed by atoms with Crippen LogP contribution in [-0.4, -0.2) is 29.7 Å². The maximum Gasteiger partial charge on any atom is 0.340 e. The summed E-state index contributed by atoms with van der Waals surface area (Å²) in [4.78, 5) is 27.1. The van der Waals surface area contributed by atoms with Gasteiger partial charge in [0.1, 0.15) is 5.69 Å². The molecule has 0 fully saturated rings. The number of carbonyl (C=O) groups is 2. The van der Waals surface area contributed by atoms with Gasteiger partial charge in [-0.05, 0) is 32.4 Å². The summed E-state index contributed by atoms with van der Waals surface area (Å²) in [5, 5.41) is 4.43. The van der Waals surface area contributed by atoms with Crippen LogP contribution in [0, 0.1) is 13.8 Å². The molecule has 1 heterocycles. The quantitative estimate of drug-likeness (QED) is 0.495. The molecule has 7 heteroatoms. The van der Waals surface area contributed by atoms with Gasteiger partial charge in [0.25, 0.3) is 5.91 Å². The van der Waals surface area contributed by atoms with Gasteiger partial charge in [-0.15, -0.1) is 0 Å². The molecule has 0 bridgehead atoms. The second-order valence-electron chi connectivity index (χ2n) is 5.07. The Morgan fingerprint density at radius 1 is 1.33 bits per heavy atom. The van der Waals surface area contributed by atoms with E-state index >= 15 is 0 Å². The van der Waals surface area contributed by atoms with Crippen LogP contribution in [0.15, 0.2) is 29.4 Å². The lowest BCUT2D eigenvalue weighted by Crippen LogP contribution is -2.19. The summed E-state index contributed by atoms with van der Waals surface area (Å²) in [6.45, 7) is 5.39. The summed E-state index contributed by atoms with van der Waals surface area (Å²) in [5.74, 6) is -0.906. The number of carbonyl (C=O) groups excluding carboxylic acids is 2. The van der Waals surface area contributed by atoms with Crippen molar-refractivity contribution in [1.82, 2.24) is 10.4 Å². The lowest BCUT2D eigenvalue weighted by molar-refractivity contribution is 0.0525. The van der Waals surface area contributed by atoms with E-state index in [1.165, 1.54) is 6.21 Å². The Kier molecular flexibility index (Phi) is 5.76. The summed E-state index contributed by atoms with van der Waals surface area (Å²) < 4.78 is 5.00. The third kappa shape index (κ3) is 3.83. The molecule has 24 heavy (non-hydrogen) atoms. The van der Waals surface area contributed by atoms with Crippen LogP contribution in [0.25, 0.3) is 0 Å². The van der Waals surface area contributed by atoms with Gasteiger partial charge in [0.15, 0.2) is 0 Å². The first-order valence-corrected chi connectivity index (χ1v) is 7.77. The first-order valence-electron chi connectivity index (χ1n) is 7.39. The highest BCUT2D eigenvalue weighted by Crippen LogP contribution is 2.19. The first-order chi connectivity index (χ1) is 11.5. The SMILES string of the molecule is CCOC(=O)c1c(C)[nH]c(C(=O)NN=Cc2ccccc2Cl)c1C. The zero-order valence-corrected chi connectivity index (χ0v) is 14.4. The van der Waals surface area contributed by atoms with Crippen LogP contribution >= 0.6 is 11.6 Å². The Labute approximate surface area is 144 Å². The molecular formula is C17H18ClN3O3. The maximum atomic E-state index is 12.2. The molecule has 0 spiro atoms. The Balaban J connectivity index is 2.15. The number of aromatic amines is 1. The normalized spacial score (nSPS) is 10.8. The Bertz CT molecular complexity index is 796. The summed E-state index contributed by atoms with van der Waals surface area (Å²) in [7, 11) is 0. The minimum atomic E-state index is -0.456.